The molecule has 1 fully saturated rings. The van der Waals surface area contributed by atoms with Gasteiger partial charge in [0.15, 0.2) is 0 Å². The van der Waals surface area contributed by atoms with Crippen molar-refractivity contribution in [1.29, 1.82) is 0 Å². The van der Waals surface area contributed by atoms with Crippen molar-refractivity contribution in [2.75, 3.05) is 18.4 Å². The molecule has 0 radical (unpaired) electrons. The van der Waals surface area contributed by atoms with Gasteiger partial charge in [-0.1, -0.05) is 0 Å². The fourth-order valence-electron chi connectivity index (χ4n) is 2.02. The summed E-state index contributed by atoms with van der Waals surface area (Å²) in [4.78, 5) is 12.1. The van der Waals surface area contributed by atoms with E-state index in [1.54, 1.807) is 19.1 Å². The van der Waals surface area contributed by atoms with Gasteiger partial charge in [-0.05, 0) is 50.6 Å². The van der Waals surface area contributed by atoms with Gasteiger partial charge in [-0.25, -0.2) is 4.39 Å². The second-order valence-corrected chi connectivity index (χ2v) is 4.91. The Labute approximate surface area is 113 Å². The number of rotatable bonds is 2. The highest BCUT2D eigenvalue weighted by Gasteiger charge is 2.36. The molecule has 1 aromatic carbocycles. The van der Waals surface area contributed by atoms with Gasteiger partial charge in [-0.2, -0.15) is 0 Å². The zero-order valence-corrected chi connectivity index (χ0v) is 11.4. The molecule has 0 saturated carbocycles. The van der Waals surface area contributed by atoms with E-state index in [0.717, 1.165) is 13.0 Å². The quantitative estimate of drug-likeness (QED) is 0.869. The highest BCUT2D eigenvalue weighted by molar-refractivity contribution is 5.95. The lowest BCUT2D eigenvalue weighted by atomic mass is 9.88. The molecule has 1 amide bonds. The maximum absolute atomic E-state index is 13.1. The molecule has 2 rings (SSSR count). The lowest BCUT2D eigenvalue weighted by Crippen LogP contribution is -2.35. The number of halogens is 2. The maximum Gasteiger partial charge on any atom is 0.231 e. The van der Waals surface area contributed by atoms with Crippen molar-refractivity contribution in [3.63, 3.8) is 0 Å². The average Bonchev–Trinajstić information content (AvgIpc) is 2.72. The number of amides is 1. The molecule has 1 aliphatic rings. The highest BCUT2D eigenvalue weighted by Crippen LogP contribution is 2.26. The predicted octanol–water partition coefficient (Wildman–Crippen LogP) is 2.49. The Hall–Kier alpha value is -1.13. The van der Waals surface area contributed by atoms with Crippen molar-refractivity contribution in [3.05, 3.63) is 29.6 Å². The second kappa shape index (κ2) is 5.67. The summed E-state index contributed by atoms with van der Waals surface area (Å²) in [6.45, 7) is 5.19. The van der Waals surface area contributed by atoms with E-state index in [4.69, 9.17) is 0 Å². The van der Waals surface area contributed by atoms with Gasteiger partial charge in [0, 0.05) is 12.2 Å². The summed E-state index contributed by atoms with van der Waals surface area (Å²) in [7, 11) is 0. The van der Waals surface area contributed by atoms with Crippen molar-refractivity contribution < 1.29 is 9.18 Å². The molecule has 1 saturated heterocycles. The van der Waals surface area contributed by atoms with Crippen molar-refractivity contribution in [2.24, 2.45) is 5.41 Å². The topological polar surface area (TPSA) is 41.1 Å². The van der Waals surface area contributed by atoms with Gasteiger partial charge in [0.2, 0.25) is 5.91 Å². The Morgan fingerprint density at radius 3 is 2.78 bits per heavy atom. The van der Waals surface area contributed by atoms with Crippen LogP contribution in [0.1, 0.15) is 18.9 Å². The zero-order valence-electron chi connectivity index (χ0n) is 10.5. The minimum atomic E-state index is -0.359. The number of aryl methyl sites for hydroxylation is 1. The van der Waals surface area contributed by atoms with Gasteiger partial charge < -0.3 is 10.6 Å². The lowest BCUT2D eigenvalue weighted by molar-refractivity contribution is -0.123. The lowest BCUT2D eigenvalue weighted by Gasteiger charge is -2.21. The SMILES string of the molecule is Cc1cc(NC(=O)C2(C)CCNC2)ccc1F.Cl. The molecular formula is C13H18ClFN2O. The molecule has 1 heterocycles. The summed E-state index contributed by atoms with van der Waals surface area (Å²) < 4.78 is 13.1. The van der Waals surface area contributed by atoms with Crippen LogP contribution in [0, 0.1) is 18.2 Å². The van der Waals surface area contributed by atoms with E-state index in [9.17, 15) is 9.18 Å². The summed E-state index contributed by atoms with van der Waals surface area (Å²) >= 11 is 0. The number of nitrogens with one attached hydrogen (secondary N) is 2. The highest BCUT2D eigenvalue weighted by atomic mass is 35.5. The molecule has 1 atom stereocenters. The number of carbonyl (C=O) groups excluding carboxylic acids is 1. The van der Waals surface area contributed by atoms with Crippen LogP contribution in [0.4, 0.5) is 10.1 Å². The van der Waals surface area contributed by atoms with Crippen LogP contribution in [0.5, 0.6) is 0 Å². The van der Waals surface area contributed by atoms with Gasteiger partial charge >= 0.3 is 0 Å². The standard InChI is InChI=1S/C13H17FN2O.ClH/c1-9-7-10(3-4-11(9)14)16-12(17)13(2)5-6-15-8-13;/h3-4,7,15H,5-6,8H2,1-2H3,(H,16,17);1H. The first-order chi connectivity index (χ1) is 8.01. The number of hydrogen-bond acceptors (Lipinski definition) is 2. The minimum Gasteiger partial charge on any atom is -0.326 e. The molecule has 18 heavy (non-hydrogen) atoms. The molecule has 2 N–H and O–H groups in total. The minimum absolute atomic E-state index is 0. The molecule has 0 spiro atoms. The van der Waals surface area contributed by atoms with Crippen LogP contribution in [-0.4, -0.2) is 19.0 Å². The Bertz CT molecular complexity index is 445. The van der Waals surface area contributed by atoms with E-state index in [0.29, 0.717) is 17.8 Å². The Morgan fingerprint density at radius 2 is 2.22 bits per heavy atom. The Morgan fingerprint density at radius 1 is 1.50 bits per heavy atom. The van der Waals surface area contributed by atoms with Crippen LogP contribution in [0.15, 0.2) is 18.2 Å². The molecular weight excluding hydrogens is 255 g/mol. The molecule has 1 unspecified atom stereocenters. The van der Waals surface area contributed by atoms with Crippen LogP contribution >= 0.6 is 12.4 Å². The van der Waals surface area contributed by atoms with Crippen molar-refractivity contribution in [1.82, 2.24) is 5.32 Å². The maximum atomic E-state index is 13.1. The molecule has 100 valence electrons. The molecule has 1 aromatic rings. The van der Waals surface area contributed by atoms with E-state index in [-0.39, 0.29) is 29.5 Å². The number of hydrogen-bond donors (Lipinski definition) is 2. The Kier molecular flexibility index (Phi) is 4.71. The first kappa shape index (κ1) is 14.9. The van der Waals surface area contributed by atoms with Gasteiger partial charge in [-0.3, -0.25) is 4.79 Å². The van der Waals surface area contributed by atoms with E-state index in [2.05, 4.69) is 10.6 Å². The van der Waals surface area contributed by atoms with Crippen LogP contribution in [0.3, 0.4) is 0 Å². The average molecular weight is 273 g/mol. The third-order valence-corrected chi connectivity index (χ3v) is 3.33. The van der Waals surface area contributed by atoms with Gasteiger partial charge in [-0.15, -0.1) is 12.4 Å². The van der Waals surface area contributed by atoms with Crippen molar-refractivity contribution in [2.45, 2.75) is 20.3 Å². The fraction of sp³-hybridized carbons (Fsp3) is 0.462. The summed E-state index contributed by atoms with van der Waals surface area (Å²) in [5.74, 6) is -0.259. The third kappa shape index (κ3) is 3.00. The summed E-state index contributed by atoms with van der Waals surface area (Å²) in [5.41, 5.74) is 0.835. The van der Waals surface area contributed by atoms with Crippen molar-refractivity contribution in [3.8, 4) is 0 Å². The normalized spacial score (nSPS) is 22.4. The van der Waals surface area contributed by atoms with E-state index in [1.807, 2.05) is 6.92 Å². The smallest absolute Gasteiger partial charge is 0.231 e. The van der Waals surface area contributed by atoms with E-state index < -0.39 is 0 Å². The van der Waals surface area contributed by atoms with Crippen LogP contribution in [0.25, 0.3) is 0 Å². The molecule has 0 aliphatic carbocycles. The zero-order chi connectivity index (χ0) is 12.5. The third-order valence-electron chi connectivity index (χ3n) is 3.33. The first-order valence-electron chi connectivity index (χ1n) is 5.80. The van der Waals surface area contributed by atoms with Gasteiger partial charge in [0.1, 0.15) is 5.82 Å². The molecule has 0 aromatic heterocycles. The van der Waals surface area contributed by atoms with E-state index in [1.165, 1.54) is 6.07 Å². The van der Waals surface area contributed by atoms with Crippen LogP contribution in [0.2, 0.25) is 0 Å². The number of benzene rings is 1. The molecule has 5 heteroatoms. The van der Waals surface area contributed by atoms with Crippen molar-refractivity contribution >= 4 is 24.0 Å². The van der Waals surface area contributed by atoms with Gasteiger partial charge in [0.25, 0.3) is 0 Å². The second-order valence-electron chi connectivity index (χ2n) is 4.91. The molecule has 0 bridgehead atoms. The number of anilines is 1. The first-order valence-corrected chi connectivity index (χ1v) is 5.80. The predicted molar refractivity (Wildman–Crippen MR) is 72.6 cm³/mol. The summed E-state index contributed by atoms with van der Waals surface area (Å²) in [6, 6.07) is 4.62. The van der Waals surface area contributed by atoms with Crippen LogP contribution in [-0.2, 0) is 4.79 Å². The monoisotopic (exact) mass is 272 g/mol. The number of carbonyl (C=O) groups is 1. The van der Waals surface area contributed by atoms with E-state index >= 15 is 0 Å². The Balaban J connectivity index is 0.00000162. The van der Waals surface area contributed by atoms with Gasteiger partial charge in [0.05, 0.1) is 5.41 Å². The van der Waals surface area contributed by atoms with Crippen LogP contribution < -0.4 is 10.6 Å². The molecule has 3 nitrogen and oxygen atoms in total. The molecule has 1 aliphatic heterocycles. The largest absolute Gasteiger partial charge is 0.326 e. The fourth-order valence-corrected chi connectivity index (χ4v) is 2.02. The summed E-state index contributed by atoms with van der Waals surface area (Å²) in [6.07, 6.45) is 0.832. The summed E-state index contributed by atoms with van der Waals surface area (Å²) in [5, 5.41) is 6.03.